The SMILES string of the molecule is CC(=O)CCCOCCOCCNC(=O)CCC(=O)NCCN(CCNC(C)(C)/C(C)=N\O)CCNC(C)(C)/C(C)=N\O. The minimum Gasteiger partial charge on any atom is -0.411 e. The molecule has 0 aliphatic rings. The minimum atomic E-state index is -0.470. The fraction of sp³-hybridized carbons (Fsp3) is 0.828. The molecule has 2 amide bonds. The van der Waals surface area contributed by atoms with E-state index in [1.165, 1.54) is 0 Å². The van der Waals surface area contributed by atoms with Crippen molar-refractivity contribution >= 4 is 29.0 Å². The van der Waals surface area contributed by atoms with Crippen LogP contribution in [0, 0.1) is 0 Å². The Kier molecular flexibility index (Phi) is 21.4. The van der Waals surface area contributed by atoms with Crippen molar-refractivity contribution in [2.75, 3.05) is 72.2 Å². The summed E-state index contributed by atoms with van der Waals surface area (Å²) in [5.41, 5.74) is 0.214. The van der Waals surface area contributed by atoms with Crippen LogP contribution in [0.4, 0.5) is 0 Å². The summed E-state index contributed by atoms with van der Waals surface area (Å²) in [7, 11) is 0. The van der Waals surface area contributed by atoms with E-state index in [2.05, 4.69) is 36.5 Å². The lowest BCUT2D eigenvalue weighted by Crippen LogP contribution is -2.51. The first kappa shape index (κ1) is 40.4. The summed E-state index contributed by atoms with van der Waals surface area (Å²) in [5.74, 6) is -0.265. The largest absolute Gasteiger partial charge is 0.411 e. The molecule has 0 aromatic heterocycles. The fourth-order valence-electron chi connectivity index (χ4n) is 3.66. The monoisotopic (exact) mass is 615 g/mol. The summed E-state index contributed by atoms with van der Waals surface area (Å²) < 4.78 is 10.8. The number of amides is 2. The molecule has 0 radical (unpaired) electrons. The van der Waals surface area contributed by atoms with E-state index in [-0.39, 0.29) is 30.4 Å². The normalized spacial score (nSPS) is 12.9. The quantitative estimate of drug-likeness (QED) is 0.0357. The average molecular weight is 616 g/mol. The van der Waals surface area contributed by atoms with E-state index in [4.69, 9.17) is 19.9 Å². The third-order valence-corrected chi connectivity index (χ3v) is 7.19. The Morgan fingerprint density at radius 1 is 0.651 bits per heavy atom. The van der Waals surface area contributed by atoms with Crippen LogP contribution in [0.3, 0.4) is 0 Å². The van der Waals surface area contributed by atoms with Crippen molar-refractivity contribution in [2.24, 2.45) is 10.3 Å². The van der Waals surface area contributed by atoms with Crippen molar-refractivity contribution in [3.8, 4) is 0 Å². The second kappa shape index (κ2) is 22.8. The molecule has 43 heavy (non-hydrogen) atoms. The molecule has 0 aliphatic heterocycles. The van der Waals surface area contributed by atoms with E-state index < -0.39 is 11.1 Å². The number of ether oxygens (including phenoxy) is 2. The van der Waals surface area contributed by atoms with E-state index in [9.17, 15) is 14.4 Å². The molecular weight excluding hydrogens is 558 g/mol. The Morgan fingerprint density at radius 3 is 1.56 bits per heavy atom. The summed E-state index contributed by atoms with van der Waals surface area (Å²) in [5, 5.41) is 37.2. The maximum absolute atomic E-state index is 12.3. The predicted octanol–water partition coefficient (Wildman–Crippen LogP) is 1.14. The molecule has 0 heterocycles. The maximum Gasteiger partial charge on any atom is 0.220 e. The number of nitrogens with one attached hydrogen (secondary N) is 4. The molecule has 6 N–H and O–H groups in total. The standard InChI is InChI=1S/C29H57N7O7/c1-23(37)9-8-19-42-21-22-43-20-15-31-27(39)11-10-26(38)30-12-16-36(17-13-32-28(4,5)24(2)34-40)18-14-33-29(6,7)25(3)35-41/h32-33,40-41H,8-22H2,1-7H3,(H,30,38)(H,31,39)/b34-24-,35-25-. The van der Waals surface area contributed by atoms with Gasteiger partial charge in [0.05, 0.1) is 42.3 Å². The number of carbonyl (C=O) groups is 3. The molecule has 0 spiro atoms. The highest BCUT2D eigenvalue weighted by Gasteiger charge is 2.23. The molecule has 14 heteroatoms. The topological polar surface area (TPSA) is 186 Å². The average Bonchev–Trinajstić information content (AvgIpc) is 2.95. The van der Waals surface area contributed by atoms with E-state index in [0.29, 0.717) is 96.5 Å². The Bertz CT molecular complexity index is 843. The first-order valence-corrected chi connectivity index (χ1v) is 15.0. The summed E-state index contributed by atoms with van der Waals surface area (Å²) >= 11 is 0. The summed E-state index contributed by atoms with van der Waals surface area (Å²) in [6, 6.07) is 0. The predicted molar refractivity (Wildman–Crippen MR) is 167 cm³/mol. The van der Waals surface area contributed by atoms with Gasteiger partial charge in [0.15, 0.2) is 0 Å². The van der Waals surface area contributed by atoms with Crippen molar-refractivity contribution < 1.29 is 34.3 Å². The minimum absolute atomic E-state index is 0.0876. The number of hydrogen-bond acceptors (Lipinski definition) is 12. The number of Topliss-reactive ketones (excluding diaryl/α,β-unsaturated/α-hetero) is 1. The first-order valence-electron chi connectivity index (χ1n) is 15.0. The van der Waals surface area contributed by atoms with Gasteiger partial charge < -0.3 is 45.9 Å². The molecule has 0 aliphatic carbocycles. The van der Waals surface area contributed by atoms with Crippen LogP contribution < -0.4 is 21.3 Å². The number of oxime groups is 2. The molecule has 0 aromatic carbocycles. The number of ketones is 1. The van der Waals surface area contributed by atoms with Crippen molar-refractivity contribution in [3.63, 3.8) is 0 Å². The van der Waals surface area contributed by atoms with Gasteiger partial charge in [0.25, 0.3) is 0 Å². The van der Waals surface area contributed by atoms with E-state index in [1.54, 1.807) is 20.8 Å². The van der Waals surface area contributed by atoms with Gasteiger partial charge in [0.1, 0.15) is 5.78 Å². The summed E-state index contributed by atoms with van der Waals surface area (Å²) in [6.45, 7) is 18.5. The number of carbonyl (C=O) groups excluding carboxylic acids is 3. The highest BCUT2D eigenvalue weighted by atomic mass is 16.5. The van der Waals surface area contributed by atoms with Gasteiger partial charge in [0, 0.05) is 71.7 Å². The lowest BCUT2D eigenvalue weighted by molar-refractivity contribution is -0.126. The van der Waals surface area contributed by atoms with Crippen LogP contribution in [0.2, 0.25) is 0 Å². The van der Waals surface area contributed by atoms with Crippen molar-refractivity contribution in [1.29, 1.82) is 0 Å². The molecule has 0 rings (SSSR count). The van der Waals surface area contributed by atoms with Crippen molar-refractivity contribution in [1.82, 2.24) is 26.2 Å². The highest BCUT2D eigenvalue weighted by molar-refractivity contribution is 5.90. The Morgan fingerprint density at radius 2 is 1.09 bits per heavy atom. The molecule has 0 bridgehead atoms. The highest BCUT2D eigenvalue weighted by Crippen LogP contribution is 2.06. The fourth-order valence-corrected chi connectivity index (χ4v) is 3.66. The third-order valence-electron chi connectivity index (χ3n) is 7.19. The zero-order valence-electron chi connectivity index (χ0n) is 27.4. The van der Waals surface area contributed by atoms with Crippen LogP contribution >= 0.6 is 0 Å². The molecule has 0 aromatic rings. The molecule has 0 unspecified atom stereocenters. The Labute approximate surface area is 257 Å². The first-order chi connectivity index (χ1) is 20.2. The van der Waals surface area contributed by atoms with Crippen LogP contribution in [0.15, 0.2) is 10.3 Å². The second-order valence-corrected chi connectivity index (χ2v) is 11.5. The van der Waals surface area contributed by atoms with Crippen molar-refractivity contribution in [3.05, 3.63) is 0 Å². The van der Waals surface area contributed by atoms with Gasteiger partial charge in [-0.3, -0.25) is 14.5 Å². The molecule has 0 saturated heterocycles. The zero-order chi connectivity index (χ0) is 32.7. The maximum atomic E-state index is 12.3. The summed E-state index contributed by atoms with van der Waals surface area (Å²) in [4.78, 5) is 37.4. The zero-order valence-corrected chi connectivity index (χ0v) is 27.4. The molecule has 0 atom stereocenters. The number of hydrogen-bond donors (Lipinski definition) is 6. The number of nitrogens with zero attached hydrogens (tertiary/aromatic N) is 3. The van der Waals surface area contributed by atoms with Gasteiger partial charge in [0.2, 0.25) is 11.8 Å². The van der Waals surface area contributed by atoms with Crippen LogP contribution in [0.25, 0.3) is 0 Å². The third kappa shape index (κ3) is 20.8. The van der Waals surface area contributed by atoms with Crippen LogP contribution in [0.5, 0.6) is 0 Å². The van der Waals surface area contributed by atoms with Gasteiger partial charge in [-0.25, -0.2) is 0 Å². The molecule has 250 valence electrons. The van der Waals surface area contributed by atoms with Crippen LogP contribution in [-0.4, -0.2) is 128 Å². The van der Waals surface area contributed by atoms with Crippen molar-refractivity contribution in [2.45, 2.75) is 85.2 Å². The van der Waals surface area contributed by atoms with Gasteiger partial charge in [-0.15, -0.1) is 0 Å². The van der Waals surface area contributed by atoms with E-state index in [0.717, 1.165) is 0 Å². The van der Waals surface area contributed by atoms with Gasteiger partial charge in [-0.05, 0) is 54.9 Å². The van der Waals surface area contributed by atoms with E-state index >= 15 is 0 Å². The second-order valence-electron chi connectivity index (χ2n) is 11.5. The van der Waals surface area contributed by atoms with Gasteiger partial charge >= 0.3 is 0 Å². The molecule has 0 fully saturated rings. The van der Waals surface area contributed by atoms with E-state index in [1.807, 2.05) is 27.7 Å². The molecule has 14 nitrogen and oxygen atoms in total. The van der Waals surface area contributed by atoms with Crippen LogP contribution in [0.1, 0.15) is 74.1 Å². The summed E-state index contributed by atoms with van der Waals surface area (Å²) in [6.07, 6.45) is 1.39. The van der Waals surface area contributed by atoms with Gasteiger partial charge in [-0.1, -0.05) is 10.3 Å². The molecular formula is C29H57N7O7. The number of rotatable bonds is 26. The Hall–Kier alpha value is -2.65. The lowest BCUT2D eigenvalue weighted by Gasteiger charge is -2.30. The Balaban J connectivity index is 4.38. The molecule has 0 saturated carbocycles. The smallest absolute Gasteiger partial charge is 0.220 e. The lowest BCUT2D eigenvalue weighted by atomic mass is 9.99. The van der Waals surface area contributed by atoms with Gasteiger partial charge in [-0.2, -0.15) is 0 Å². The van der Waals surface area contributed by atoms with Crippen LogP contribution in [-0.2, 0) is 23.9 Å².